The van der Waals surface area contributed by atoms with E-state index in [-0.39, 0.29) is 5.56 Å². The second-order valence-electron chi connectivity index (χ2n) is 8.75. The van der Waals surface area contributed by atoms with E-state index in [4.69, 9.17) is 0 Å². The first-order chi connectivity index (χ1) is 13.1. The zero-order chi connectivity index (χ0) is 19.2. The zero-order valence-corrected chi connectivity index (χ0v) is 17.0. The van der Waals surface area contributed by atoms with Crippen molar-refractivity contribution in [2.75, 3.05) is 0 Å². The molecule has 2 aliphatic carbocycles. The molecule has 2 heteroatoms. The highest BCUT2D eigenvalue weighted by Crippen LogP contribution is 2.41. The summed E-state index contributed by atoms with van der Waals surface area (Å²) in [6, 6.07) is 2.89. The summed E-state index contributed by atoms with van der Waals surface area (Å²) in [7, 11) is 0. The summed E-state index contributed by atoms with van der Waals surface area (Å²) in [4.78, 5) is 0. The van der Waals surface area contributed by atoms with Crippen LogP contribution in [0.2, 0.25) is 0 Å². The van der Waals surface area contributed by atoms with Gasteiger partial charge in [-0.3, -0.25) is 0 Å². The van der Waals surface area contributed by atoms with Crippen LogP contribution in [0.3, 0.4) is 0 Å². The van der Waals surface area contributed by atoms with Gasteiger partial charge in [0.1, 0.15) is 11.6 Å². The fourth-order valence-corrected chi connectivity index (χ4v) is 5.16. The monoisotopic (exact) mass is 372 g/mol. The van der Waals surface area contributed by atoms with Crippen LogP contribution in [0.5, 0.6) is 0 Å². The lowest BCUT2D eigenvalue weighted by atomic mass is 9.69. The molecule has 0 nitrogen and oxygen atoms in total. The Kier molecular flexibility index (Phi) is 7.33. The number of hydrogen-bond donors (Lipinski definition) is 0. The lowest BCUT2D eigenvalue weighted by Gasteiger charge is -2.36. The highest BCUT2D eigenvalue weighted by atomic mass is 19.1. The first-order valence-corrected chi connectivity index (χ1v) is 11.1. The van der Waals surface area contributed by atoms with Crippen LogP contribution < -0.4 is 0 Å². The molecule has 0 heterocycles. The molecule has 0 aliphatic heterocycles. The normalized spacial score (nSPS) is 28.4. The third-order valence-electron chi connectivity index (χ3n) is 6.95. The van der Waals surface area contributed by atoms with Crippen molar-refractivity contribution in [3.8, 4) is 11.8 Å². The van der Waals surface area contributed by atoms with E-state index >= 15 is 0 Å². The molecule has 148 valence electrons. The van der Waals surface area contributed by atoms with Crippen molar-refractivity contribution in [1.29, 1.82) is 0 Å². The average molecular weight is 373 g/mol. The third kappa shape index (κ3) is 5.34. The van der Waals surface area contributed by atoms with Crippen LogP contribution in [0, 0.1) is 47.1 Å². The lowest BCUT2D eigenvalue weighted by molar-refractivity contribution is 0.156. The predicted octanol–water partition coefficient (Wildman–Crippen LogP) is 7.29. The fraction of sp³-hybridized carbons (Fsp3) is 0.680. The van der Waals surface area contributed by atoms with Gasteiger partial charge in [-0.25, -0.2) is 8.78 Å². The van der Waals surface area contributed by atoms with E-state index in [1.807, 2.05) is 6.92 Å². The summed E-state index contributed by atoms with van der Waals surface area (Å²) in [5.74, 6) is 8.00. The molecular formula is C25H34F2. The number of halogens is 2. The smallest absolute Gasteiger partial charge is 0.142 e. The van der Waals surface area contributed by atoms with E-state index in [0.29, 0.717) is 12.3 Å². The molecule has 0 bridgehead atoms. The summed E-state index contributed by atoms with van der Waals surface area (Å²) in [5.41, 5.74) is 0.672. The van der Waals surface area contributed by atoms with Crippen molar-refractivity contribution in [2.45, 2.75) is 84.5 Å². The number of hydrogen-bond acceptors (Lipinski definition) is 0. The van der Waals surface area contributed by atoms with Gasteiger partial charge in [-0.05, 0) is 80.4 Å². The highest BCUT2D eigenvalue weighted by molar-refractivity contribution is 5.39. The summed E-state index contributed by atoms with van der Waals surface area (Å²) in [6.45, 7) is 4.33. The Hall–Kier alpha value is -1.36. The van der Waals surface area contributed by atoms with Gasteiger partial charge in [0, 0.05) is 5.92 Å². The minimum Gasteiger partial charge on any atom is -0.206 e. The van der Waals surface area contributed by atoms with Gasteiger partial charge in [0.2, 0.25) is 0 Å². The summed E-state index contributed by atoms with van der Waals surface area (Å²) in [6.07, 6.45) is 13.2. The van der Waals surface area contributed by atoms with E-state index in [9.17, 15) is 8.78 Å². The van der Waals surface area contributed by atoms with Gasteiger partial charge in [-0.1, -0.05) is 51.4 Å². The largest absolute Gasteiger partial charge is 0.206 e. The van der Waals surface area contributed by atoms with Crippen molar-refractivity contribution in [3.05, 3.63) is 34.9 Å². The van der Waals surface area contributed by atoms with Gasteiger partial charge >= 0.3 is 0 Å². The minimum absolute atomic E-state index is 0.0464. The van der Waals surface area contributed by atoms with Crippen LogP contribution in [-0.4, -0.2) is 0 Å². The molecule has 0 radical (unpaired) electrons. The van der Waals surface area contributed by atoms with Crippen LogP contribution in [0.15, 0.2) is 12.1 Å². The Morgan fingerprint density at radius 1 is 0.852 bits per heavy atom. The second kappa shape index (κ2) is 9.72. The van der Waals surface area contributed by atoms with Gasteiger partial charge in [0.05, 0.1) is 5.56 Å². The molecule has 1 aromatic rings. The van der Waals surface area contributed by atoms with Crippen LogP contribution in [0.4, 0.5) is 8.78 Å². The predicted molar refractivity (Wildman–Crippen MR) is 108 cm³/mol. The molecule has 2 saturated carbocycles. The molecule has 0 N–H and O–H groups in total. The van der Waals surface area contributed by atoms with Crippen molar-refractivity contribution in [1.82, 2.24) is 0 Å². The number of aryl methyl sites for hydroxylation is 1. The van der Waals surface area contributed by atoms with Crippen LogP contribution in [0.25, 0.3) is 0 Å². The number of rotatable bonds is 4. The molecule has 2 aliphatic rings. The maximum Gasteiger partial charge on any atom is 0.142 e. The second-order valence-corrected chi connectivity index (χ2v) is 8.75. The van der Waals surface area contributed by atoms with E-state index in [1.165, 1.54) is 57.1 Å². The van der Waals surface area contributed by atoms with E-state index in [2.05, 4.69) is 18.8 Å². The van der Waals surface area contributed by atoms with Crippen LogP contribution >= 0.6 is 0 Å². The van der Waals surface area contributed by atoms with E-state index in [1.54, 1.807) is 0 Å². The summed E-state index contributed by atoms with van der Waals surface area (Å²) in [5, 5.41) is 0. The average Bonchev–Trinajstić information content (AvgIpc) is 2.68. The number of benzene rings is 1. The zero-order valence-electron chi connectivity index (χ0n) is 17.0. The standard InChI is InChI=1S/C25H34F2/c1-3-5-20-16-24(26)23(25(27)17-20)15-10-19-8-13-22(14-9-19)21-11-6-18(4-2)7-12-21/h16-19,21-22H,3-9,11-14H2,1-2H3/t18-,19?,21-,22?. The van der Waals surface area contributed by atoms with Gasteiger partial charge in [0.15, 0.2) is 0 Å². The Morgan fingerprint density at radius 3 is 1.93 bits per heavy atom. The Bertz CT molecular complexity index is 642. The van der Waals surface area contributed by atoms with Crippen LogP contribution in [-0.2, 0) is 6.42 Å². The van der Waals surface area contributed by atoms with Gasteiger partial charge < -0.3 is 0 Å². The fourth-order valence-electron chi connectivity index (χ4n) is 5.16. The topological polar surface area (TPSA) is 0 Å². The maximum absolute atomic E-state index is 14.2. The van der Waals surface area contributed by atoms with E-state index in [0.717, 1.165) is 42.6 Å². The minimum atomic E-state index is -0.507. The molecule has 0 atom stereocenters. The first kappa shape index (κ1) is 20.4. The lowest BCUT2D eigenvalue weighted by Crippen LogP contribution is -2.25. The Morgan fingerprint density at radius 2 is 1.41 bits per heavy atom. The van der Waals surface area contributed by atoms with Crippen LogP contribution in [0.1, 0.15) is 89.2 Å². The SMILES string of the molecule is CCCc1cc(F)c(C#CC2CCC([C@H]3CC[C@H](CC)CC3)CC2)c(F)c1. The maximum atomic E-state index is 14.2. The molecule has 27 heavy (non-hydrogen) atoms. The molecule has 3 rings (SSSR count). The van der Waals surface area contributed by atoms with Gasteiger partial charge in [-0.15, -0.1) is 0 Å². The molecular weight excluding hydrogens is 338 g/mol. The molecule has 2 fully saturated rings. The summed E-state index contributed by atoms with van der Waals surface area (Å²) >= 11 is 0. The Labute approximate surface area is 164 Å². The van der Waals surface area contributed by atoms with Crippen molar-refractivity contribution >= 4 is 0 Å². The molecule has 0 saturated heterocycles. The summed E-state index contributed by atoms with van der Waals surface area (Å²) < 4.78 is 28.4. The third-order valence-corrected chi connectivity index (χ3v) is 6.95. The molecule has 1 aromatic carbocycles. The van der Waals surface area contributed by atoms with Crippen molar-refractivity contribution in [3.63, 3.8) is 0 Å². The van der Waals surface area contributed by atoms with Crippen molar-refractivity contribution < 1.29 is 8.78 Å². The molecule has 0 unspecified atom stereocenters. The highest BCUT2D eigenvalue weighted by Gasteiger charge is 2.30. The first-order valence-electron chi connectivity index (χ1n) is 11.1. The van der Waals surface area contributed by atoms with E-state index < -0.39 is 11.6 Å². The van der Waals surface area contributed by atoms with Gasteiger partial charge in [-0.2, -0.15) is 0 Å². The molecule has 0 amide bonds. The quantitative estimate of drug-likeness (QED) is 0.487. The molecule has 0 spiro atoms. The van der Waals surface area contributed by atoms with Gasteiger partial charge in [0.25, 0.3) is 0 Å². The van der Waals surface area contributed by atoms with Crippen molar-refractivity contribution in [2.24, 2.45) is 23.7 Å². The molecule has 0 aromatic heterocycles. The Balaban J connectivity index is 1.54.